The first-order valence-corrected chi connectivity index (χ1v) is 7.79. The highest BCUT2D eigenvalue weighted by Gasteiger charge is 2.11. The van der Waals surface area contributed by atoms with Gasteiger partial charge in [-0.25, -0.2) is 4.39 Å². The molecule has 0 aliphatic carbocycles. The van der Waals surface area contributed by atoms with Crippen molar-refractivity contribution in [3.63, 3.8) is 0 Å². The van der Waals surface area contributed by atoms with Crippen LogP contribution in [-0.4, -0.2) is 45.1 Å². The molecule has 0 saturated carbocycles. The summed E-state index contributed by atoms with van der Waals surface area (Å²) in [6.45, 7) is 2.08. The minimum absolute atomic E-state index is 0.0594. The van der Waals surface area contributed by atoms with Crippen LogP contribution in [-0.2, 0) is 6.54 Å². The van der Waals surface area contributed by atoms with Gasteiger partial charge in [-0.15, -0.1) is 10.2 Å². The lowest BCUT2D eigenvalue weighted by Crippen LogP contribution is -2.21. The molecule has 3 aromatic rings. The molecule has 25 heavy (non-hydrogen) atoms. The maximum absolute atomic E-state index is 13.4. The number of nitrogens with zero attached hydrogens (tertiary/aromatic N) is 5. The van der Waals surface area contributed by atoms with Gasteiger partial charge in [0.25, 0.3) is 5.91 Å². The van der Waals surface area contributed by atoms with E-state index >= 15 is 0 Å². The third-order valence-corrected chi connectivity index (χ3v) is 3.77. The van der Waals surface area contributed by atoms with E-state index in [1.54, 1.807) is 39.2 Å². The summed E-state index contributed by atoms with van der Waals surface area (Å²) in [4.78, 5) is 15.0. The largest absolute Gasteiger partial charge is 0.345 e. The van der Waals surface area contributed by atoms with Crippen molar-refractivity contribution in [2.45, 2.75) is 13.5 Å². The number of aryl methyl sites for hydroxylation is 1. The van der Waals surface area contributed by atoms with Gasteiger partial charge in [-0.3, -0.25) is 4.79 Å². The van der Waals surface area contributed by atoms with E-state index in [1.165, 1.54) is 15.8 Å². The van der Waals surface area contributed by atoms with E-state index in [1.807, 2.05) is 18.2 Å². The zero-order chi connectivity index (χ0) is 18.0. The first-order chi connectivity index (χ1) is 11.9. The Bertz CT molecular complexity index is 919. The van der Waals surface area contributed by atoms with Crippen LogP contribution in [0.4, 0.5) is 4.39 Å². The molecule has 6 nitrogen and oxygen atoms in total. The molecule has 0 fully saturated rings. The number of carbonyl (C=O) groups excluding carboxylic acids is 1. The Morgan fingerprint density at radius 1 is 1.20 bits per heavy atom. The van der Waals surface area contributed by atoms with E-state index < -0.39 is 0 Å². The quantitative estimate of drug-likeness (QED) is 0.733. The molecule has 0 spiro atoms. The maximum Gasteiger partial charge on any atom is 0.253 e. The second-order valence-electron chi connectivity index (χ2n) is 6.01. The number of halogens is 1. The van der Waals surface area contributed by atoms with Crippen molar-refractivity contribution in [3.8, 4) is 11.4 Å². The fourth-order valence-corrected chi connectivity index (χ4v) is 2.43. The summed E-state index contributed by atoms with van der Waals surface area (Å²) in [6.07, 6.45) is 0. The lowest BCUT2D eigenvalue weighted by Gasteiger charge is -2.10. The number of rotatable bonds is 4. The maximum atomic E-state index is 13.4. The van der Waals surface area contributed by atoms with Gasteiger partial charge in [0, 0.05) is 25.2 Å². The van der Waals surface area contributed by atoms with Gasteiger partial charge in [0.2, 0.25) is 5.82 Å². The first-order valence-electron chi connectivity index (χ1n) is 7.79. The average molecular weight is 339 g/mol. The summed E-state index contributed by atoms with van der Waals surface area (Å²) >= 11 is 0. The van der Waals surface area contributed by atoms with Crippen molar-refractivity contribution in [1.82, 2.24) is 25.1 Å². The number of tetrazole rings is 1. The van der Waals surface area contributed by atoms with Crippen LogP contribution in [0, 0.1) is 12.7 Å². The molecule has 1 aromatic heterocycles. The van der Waals surface area contributed by atoms with E-state index in [0.717, 1.165) is 5.56 Å². The molecule has 0 N–H and O–H groups in total. The van der Waals surface area contributed by atoms with Gasteiger partial charge in [-0.05, 0) is 53.6 Å². The van der Waals surface area contributed by atoms with Gasteiger partial charge in [0.05, 0.1) is 6.54 Å². The number of benzene rings is 2. The molecule has 0 aliphatic heterocycles. The fourth-order valence-electron chi connectivity index (χ4n) is 2.43. The van der Waals surface area contributed by atoms with E-state index in [-0.39, 0.29) is 11.7 Å². The molecule has 0 unspecified atom stereocenters. The normalized spacial score (nSPS) is 10.7. The van der Waals surface area contributed by atoms with Crippen LogP contribution in [0.1, 0.15) is 21.5 Å². The first kappa shape index (κ1) is 16.8. The van der Waals surface area contributed by atoms with Crippen LogP contribution >= 0.6 is 0 Å². The van der Waals surface area contributed by atoms with Crippen LogP contribution in [0.3, 0.4) is 0 Å². The summed E-state index contributed by atoms with van der Waals surface area (Å²) in [7, 11) is 3.43. The molecule has 0 radical (unpaired) electrons. The van der Waals surface area contributed by atoms with Crippen molar-refractivity contribution in [2.24, 2.45) is 0 Å². The Hall–Kier alpha value is -3.09. The summed E-state index contributed by atoms with van der Waals surface area (Å²) in [6, 6.07) is 12.0. The second-order valence-corrected chi connectivity index (χ2v) is 6.01. The predicted octanol–water partition coefficient (Wildman–Crippen LogP) is 2.54. The third kappa shape index (κ3) is 3.71. The van der Waals surface area contributed by atoms with Gasteiger partial charge in [-0.2, -0.15) is 4.80 Å². The van der Waals surface area contributed by atoms with Crippen molar-refractivity contribution in [1.29, 1.82) is 0 Å². The summed E-state index contributed by atoms with van der Waals surface area (Å²) in [5.74, 6) is 0.109. The summed E-state index contributed by atoms with van der Waals surface area (Å²) in [5.41, 5.74) is 2.74. The Morgan fingerprint density at radius 2 is 2.00 bits per heavy atom. The molecule has 2 aromatic carbocycles. The van der Waals surface area contributed by atoms with Gasteiger partial charge >= 0.3 is 0 Å². The number of hydrogen-bond donors (Lipinski definition) is 0. The van der Waals surface area contributed by atoms with Crippen LogP contribution in [0.25, 0.3) is 11.4 Å². The van der Waals surface area contributed by atoms with E-state index in [4.69, 9.17) is 0 Å². The monoisotopic (exact) mass is 339 g/mol. The molecule has 0 bridgehead atoms. The minimum atomic E-state index is -0.265. The lowest BCUT2D eigenvalue weighted by molar-refractivity contribution is 0.0827. The standard InChI is InChI=1S/C18H18FN5O/c1-12-9-14(7-8-16(12)19)17-20-22-24(21-17)11-13-5-4-6-15(10-13)18(25)23(2)3/h4-10H,11H2,1-3H3. The minimum Gasteiger partial charge on any atom is -0.345 e. The molecular weight excluding hydrogens is 321 g/mol. The molecule has 7 heteroatoms. The Balaban J connectivity index is 1.81. The van der Waals surface area contributed by atoms with E-state index in [2.05, 4.69) is 15.4 Å². The van der Waals surface area contributed by atoms with Crippen LogP contribution in [0.5, 0.6) is 0 Å². The Kier molecular flexibility index (Phi) is 4.56. The van der Waals surface area contributed by atoms with Crippen LogP contribution < -0.4 is 0 Å². The Morgan fingerprint density at radius 3 is 2.72 bits per heavy atom. The number of aromatic nitrogens is 4. The van der Waals surface area contributed by atoms with Crippen molar-refractivity contribution >= 4 is 5.91 Å². The van der Waals surface area contributed by atoms with E-state index in [0.29, 0.717) is 29.1 Å². The average Bonchev–Trinajstić information content (AvgIpc) is 3.05. The molecule has 128 valence electrons. The zero-order valence-electron chi connectivity index (χ0n) is 14.3. The smallest absolute Gasteiger partial charge is 0.253 e. The van der Waals surface area contributed by atoms with E-state index in [9.17, 15) is 9.18 Å². The summed E-state index contributed by atoms with van der Waals surface area (Å²) < 4.78 is 13.4. The van der Waals surface area contributed by atoms with Gasteiger partial charge < -0.3 is 4.90 Å². The topological polar surface area (TPSA) is 63.9 Å². The molecule has 0 saturated heterocycles. The molecule has 0 aliphatic rings. The fraction of sp³-hybridized carbons (Fsp3) is 0.222. The van der Waals surface area contributed by atoms with Crippen molar-refractivity contribution in [2.75, 3.05) is 14.1 Å². The zero-order valence-corrected chi connectivity index (χ0v) is 14.3. The highest BCUT2D eigenvalue weighted by atomic mass is 19.1. The van der Waals surface area contributed by atoms with Crippen LogP contribution in [0.15, 0.2) is 42.5 Å². The highest BCUT2D eigenvalue weighted by Crippen LogP contribution is 2.17. The second kappa shape index (κ2) is 6.80. The molecule has 0 atom stereocenters. The van der Waals surface area contributed by atoms with Gasteiger partial charge in [0.1, 0.15) is 5.82 Å². The number of amides is 1. The number of carbonyl (C=O) groups is 1. The molecule has 1 amide bonds. The molecule has 3 rings (SSSR count). The van der Waals surface area contributed by atoms with Crippen LogP contribution in [0.2, 0.25) is 0 Å². The van der Waals surface area contributed by atoms with Crippen molar-refractivity contribution < 1.29 is 9.18 Å². The van der Waals surface area contributed by atoms with Crippen molar-refractivity contribution in [3.05, 3.63) is 65.0 Å². The highest BCUT2D eigenvalue weighted by molar-refractivity contribution is 5.94. The van der Waals surface area contributed by atoms with Gasteiger partial charge in [0.15, 0.2) is 0 Å². The number of hydrogen-bond acceptors (Lipinski definition) is 4. The third-order valence-electron chi connectivity index (χ3n) is 3.77. The predicted molar refractivity (Wildman–Crippen MR) is 91.5 cm³/mol. The molecular formula is C18H18FN5O. The molecule has 1 heterocycles. The SMILES string of the molecule is Cc1cc(-c2nnn(Cc3cccc(C(=O)N(C)C)c3)n2)ccc1F. The lowest BCUT2D eigenvalue weighted by atomic mass is 10.1. The Labute approximate surface area is 144 Å². The van der Waals surface area contributed by atoms with Gasteiger partial charge in [-0.1, -0.05) is 12.1 Å². The summed E-state index contributed by atoms with van der Waals surface area (Å²) in [5, 5.41) is 12.4.